The molecule has 2 unspecified atom stereocenters. The van der Waals surface area contributed by atoms with Crippen molar-refractivity contribution in [2.75, 3.05) is 13.7 Å². The van der Waals surface area contributed by atoms with Crippen LogP contribution in [-0.2, 0) is 16.0 Å². The van der Waals surface area contributed by atoms with Crippen molar-refractivity contribution in [2.24, 2.45) is 0 Å². The van der Waals surface area contributed by atoms with Crippen LogP contribution in [0.5, 0.6) is 0 Å². The number of carbonyl (C=O) groups is 1. The first-order chi connectivity index (χ1) is 7.63. The Hall–Kier alpha value is -0.910. The molecule has 0 amide bonds. The largest absolute Gasteiger partial charge is 0.480 e. The summed E-state index contributed by atoms with van der Waals surface area (Å²) in [5.41, 5.74) is 0. The summed E-state index contributed by atoms with van der Waals surface area (Å²) >= 11 is 1.68. The SMILES string of the molecule is COCC(NC(C)Cc1cccs1)C(=O)O. The number of nitrogens with one attached hydrogen (secondary N) is 1. The number of methoxy groups -OCH3 is 1. The molecule has 0 aromatic carbocycles. The van der Waals surface area contributed by atoms with E-state index in [4.69, 9.17) is 9.84 Å². The highest BCUT2D eigenvalue weighted by Gasteiger charge is 2.19. The fraction of sp³-hybridized carbons (Fsp3) is 0.545. The van der Waals surface area contributed by atoms with E-state index in [1.807, 2.05) is 18.4 Å². The first-order valence-electron chi connectivity index (χ1n) is 5.13. The van der Waals surface area contributed by atoms with Crippen LogP contribution in [0.25, 0.3) is 0 Å². The molecule has 0 saturated heterocycles. The lowest BCUT2D eigenvalue weighted by Crippen LogP contribution is -2.45. The molecule has 4 nitrogen and oxygen atoms in total. The van der Waals surface area contributed by atoms with Crippen LogP contribution in [0.15, 0.2) is 17.5 Å². The standard InChI is InChI=1S/C11H17NO3S/c1-8(6-9-4-3-5-16-9)12-10(7-15-2)11(13)14/h3-5,8,10,12H,6-7H2,1-2H3,(H,13,14). The predicted octanol–water partition coefficient (Wildman–Crippen LogP) is 1.37. The zero-order valence-corrected chi connectivity index (χ0v) is 10.3. The Labute approximate surface area is 99.2 Å². The number of thiophene rings is 1. The molecule has 0 aliphatic carbocycles. The molecule has 16 heavy (non-hydrogen) atoms. The molecular weight excluding hydrogens is 226 g/mol. The molecule has 1 aromatic rings. The summed E-state index contributed by atoms with van der Waals surface area (Å²) in [5.74, 6) is -0.875. The summed E-state index contributed by atoms with van der Waals surface area (Å²) in [6, 6.07) is 3.53. The van der Waals surface area contributed by atoms with Crippen LogP contribution in [0, 0.1) is 0 Å². The van der Waals surface area contributed by atoms with Crippen molar-refractivity contribution < 1.29 is 14.6 Å². The molecule has 0 saturated carbocycles. The molecule has 5 heteroatoms. The molecule has 90 valence electrons. The second kappa shape index (κ2) is 6.62. The summed E-state index contributed by atoms with van der Waals surface area (Å²) < 4.78 is 4.86. The minimum Gasteiger partial charge on any atom is -0.480 e. The second-order valence-corrected chi connectivity index (χ2v) is 4.73. The fourth-order valence-electron chi connectivity index (χ4n) is 1.49. The summed E-state index contributed by atoms with van der Waals surface area (Å²) in [7, 11) is 1.50. The first-order valence-corrected chi connectivity index (χ1v) is 6.01. The van der Waals surface area contributed by atoms with Crippen LogP contribution in [0.4, 0.5) is 0 Å². The van der Waals surface area contributed by atoms with Crippen LogP contribution in [-0.4, -0.2) is 36.9 Å². The van der Waals surface area contributed by atoms with Gasteiger partial charge in [-0.25, -0.2) is 0 Å². The van der Waals surface area contributed by atoms with E-state index in [9.17, 15) is 4.79 Å². The molecular formula is C11H17NO3S. The Morgan fingerprint density at radius 1 is 1.69 bits per heavy atom. The van der Waals surface area contributed by atoms with Gasteiger partial charge in [0.25, 0.3) is 0 Å². The zero-order chi connectivity index (χ0) is 12.0. The molecule has 1 aromatic heterocycles. The third-order valence-electron chi connectivity index (χ3n) is 2.20. The maximum Gasteiger partial charge on any atom is 0.323 e. The van der Waals surface area contributed by atoms with E-state index in [0.29, 0.717) is 0 Å². The Bertz CT molecular complexity index is 313. The fourth-order valence-corrected chi connectivity index (χ4v) is 2.33. The Kier molecular flexibility index (Phi) is 5.45. The van der Waals surface area contributed by atoms with Gasteiger partial charge < -0.3 is 9.84 Å². The molecule has 1 heterocycles. The summed E-state index contributed by atoms with van der Waals surface area (Å²) in [4.78, 5) is 12.1. The molecule has 2 N–H and O–H groups in total. The molecule has 0 aliphatic heterocycles. The van der Waals surface area contributed by atoms with E-state index in [2.05, 4.69) is 11.4 Å². The summed E-state index contributed by atoms with van der Waals surface area (Å²) in [6.07, 6.45) is 0.838. The highest BCUT2D eigenvalue weighted by atomic mass is 32.1. The first kappa shape index (κ1) is 13.2. The molecule has 0 spiro atoms. The minimum atomic E-state index is -0.875. The van der Waals surface area contributed by atoms with Crippen molar-refractivity contribution in [3.63, 3.8) is 0 Å². The number of carboxylic acids is 1. The number of ether oxygens (including phenoxy) is 1. The third-order valence-corrected chi connectivity index (χ3v) is 3.10. The van der Waals surface area contributed by atoms with Gasteiger partial charge >= 0.3 is 5.97 Å². The molecule has 0 aliphatic rings. The summed E-state index contributed by atoms with van der Waals surface area (Å²) in [5, 5.41) is 14.0. The van der Waals surface area contributed by atoms with E-state index in [1.54, 1.807) is 11.3 Å². The molecule has 0 fully saturated rings. The smallest absolute Gasteiger partial charge is 0.323 e. The lowest BCUT2D eigenvalue weighted by Gasteiger charge is -2.18. The second-order valence-electron chi connectivity index (χ2n) is 3.70. The quantitative estimate of drug-likeness (QED) is 0.759. The topological polar surface area (TPSA) is 58.6 Å². The van der Waals surface area contributed by atoms with Gasteiger partial charge in [0, 0.05) is 18.0 Å². The highest BCUT2D eigenvalue weighted by molar-refractivity contribution is 7.09. The maximum atomic E-state index is 10.9. The van der Waals surface area contributed by atoms with Gasteiger partial charge in [0.2, 0.25) is 0 Å². The van der Waals surface area contributed by atoms with Crippen molar-refractivity contribution in [1.82, 2.24) is 5.32 Å². The van der Waals surface area contributed by atoms with Gasteiger partial charge in [-0.2, -0.15) is 0 Å². The average Bonchev–Trinajstić information content (AvgIpc) is 2.69. The third kappa shape index (κ3) is 4.30. The van der Waals surface area contributed by atoms with E-state index in [1.165, 1.54) is 12.0 Å². The van der Waals surface area contributed by atoms with Gasteiger partial charge in [-0.15, -0.1) is 11.3 Å². The van der Waals surface area contributed by atoms with Crippen LogP contribution < -0.4 is 5.32 Å². The molecule has 2 atom stereocenters. The predicted molar refractivity (Wildman–Crippen MR) is 63.9 cm³/mol. The van der Waals surface area contributed by atoms with Crippen molar-refractivity contribution in [1.29, 1.82) is 0 Å². The Balaban J connectivity index is 2.42. The molecule has 0 radical (unpaired) electrons. The molecule has 0 bridgehead atoms. The van der Waals surface area contributed by atoms with E-state index in [-0.39, 0.29) is 12.6 Å². The average molecular weight is 243 g/mol. The number of hydrogen-bond acceptors (Lipinski definition) is 4. The van der Waals surface area contributed by atoms with Crippen LogP contribution in [0.1, 0.15) is 11.8 Å². The van der Waals surface area contributed by atoms with Crippen molar-refractivity contribution >= 4 is 17.3 Å². The van der Waals surface area contributed by atoms with E-state index >= 15 is 0 Å². The monoisotopic (exact) mass is 243 g/mol. The van der Waals surface area contributed by atoms with Crippen molar-refractivity contribution in [3.05, 3.63) is 22.4 Å². The van der Waals surface area contributed by atoms with Gasteiger partial charge in [0.05, 0.1) is 6.61 Å². The summed E-state index contributed by atoms with van der Waals surface area (Å²) in [6.45, 7) is 2.16. The number of rotatable bonds is 7. The number of carboxylic acid groups (broad SMARTS) is 1. The normalized spacial score (nSPS) is 14.6. The number of aliphatic carboxylic acids is 1. The van der Waals surface area contributed by atoms with Crippen molar-refractivity contribution in [2.45, 2.75) is 25.4 Å². The van der Waals surface area contributed by atoms with Gasteiger partial charge in [-0.1, -0.05) is 6.07 Å². The number of hydrogen-bond donors (Lipinski definition) is 2. The van der Waals surface area contributed by atoms with Gasteiger partial charge in [0.15, 0.2) is 0 Å². The lowest BCUT2D eigenvalue weighted by atomic mass is 10.2. The minimum absolute atomic E-state index is 0.120. The van der Waals surface area contributed by atoms with E-state index < -0.39 is 12.0 Å². The van der Waals surface area contributed by atoms with Gasteiger partial charge in [-0.05, 0) is 24.8 Å². The lowest BCUT2D eigenvalue weighted by molar-refractivity contribution is -0.141. The van der Waals surface area contributed by atoms with Crippen LogP contribution in [0.3, 0.4) is 0 Å². The van der Waals surface area contributed by atoms with Crippen molar-refractivity contribution in [3.8, 4) is 0 Å². The van der Waals surface area contributed by atoms with Gasteiger partial charge in [-0.3, -0.25) is 10.1 Å². The van der Waals surface area contributed by atoms with Crippen LogP contribution in [0.2, 0.25) is 0 Å². The Morgan fingerprint density at radius 3 is 2.94 bits per heavy atom. The highest BCUT2D eigenvalue weighted by Crippen LogP contribution is 2.11. The molecule has 1 rings (SSSR count). The maximum absolute atomic E-state index is 10.9. The van der Waals surface area contributed by atoms with E-state index in [0.717, 1.165) is 6.42 Å². The Morgan fingerprint density at radius 2 is 2.44 bits per heavy atom. The van der Waals surface area contributed by atoms with Crippen LogP contribution >= 0.6 is 11.3 Å². The zero-order valence-electron chi connectivity index (χ0n) is 9.47. The van der Waals surface area contributed by atoms with Gasteiger partial charge in [0.1, 0.15) is 6.04 Å².